The number of Topliss-reactive ketones (excluding diaryl/α,β-unsaturated/α-hetero) is 1. The maximum Gasteiger partial charge on any atom is 0.244 e. The van der Waals surface area contributed by atoms with Gasteiger partial charge in [-0.2, -0.15) is 5.26 Å². The average Bonchev–Trinajstić information content (AvgIpc) is 3.45. The molecule has 0 bridgehead atoms. The number of piperidine rings is 1. The molecule has 0 aliphatic carbocycles. The minimum atomic E-state index is -0.356. The molecule has 1 aliphatic rings. The van der Waals surface area contributed by atoms with E-state index in [1.165, 1.54) is 25.3 Å². The van der Waals surface area contributed by atoms with Gasteiger partial charge in [-0.1, -0.05) is 0 Å². The molecule has 7 nitrogen and oxygen atoms in total. The van der Waals surface area contributed by atoms with Crippen molar-refractivity contribution >= 4 is 17.8 Å². The van der Waals surface area contributed by atoms with Crippen molar-refractivity contribution in [2.45, 2.75) is 25.3 Å². The Morgan fingerprint density at radius 2 is 1.97 bits per heavy atom. The molecule has 2 aromatic carbocycles. The van der Waals surface area contributed by atoms with Crippen LogP contribution in [0.15, 0.2) is 71.4 Å². The van der Waals surface area contributed by atoms with Crippen LogP contribution in [0, 0.1) is 23.1 Å². The summed E-state index contributed by atoms with van der Waals surface area (Å²) >= 11 is 0. The Morgan fingerprint density at radius 3 is 2.63 bits per heavy atom. The predicted octanol–water partition coefficient (Wildman–Crippen LogP) is 4.63. The highest BCUT2D eigenvalue weighted by atomic mass is 19.1. The van der Waals surface area contributed by atoms with Gasteiger partial charge in [-0.05, 0) is 86.6 Å². The standard InChI is InChI=1S/C30H30FN3O4/c1-37-28-10-4-21(19-32)17-24(28)7-11-29(35)33-26(18-27-3-2-16-38-27)20-34-14-12-23(13-15-34)30(36)22-5-8-25(31)9-6-22/h2-11,16-17,23,26H,12-15,18,20H2,1H3,(H,33,35)/b11-7+. The van der Waals surface area contributed by atoms with E-state index in [0.717, 1.165) is 18.8 Å². The molecule has 1 amide bonds. The van der Waals surface area contributed by atoms with Crippen LogP contribution in [-0.4, -0.2) is 49.4 Å². The number of halogens is 1. The second-order valence-corrected chi connectivity index (χ2v) is 9.34. The van der Waals surface area contributed by atoms with Crippen LogP contribution in [0.4, 0.5) is 4.39 Å². The first kappa shape index (κ1) is 26.8. The highest BCUT2D eigenvalue weighted by Crippen LogP contribution is 2.23. The number of hydrogen-bond acceptors (Lipinski definition) is 6. The summed E-state index contributed by atoms with van der Waals surface area (Å²) in [5.74, 6) is 0.656. The van der Waals surface area contributed by atoms with Crippen molar-refractivity contribution in [3.05, 3.63) is 95.2 Å². The zero-order valence-electron chi connectivity index (χ0n) is 21.2. The van der Waals surface area contributed by atoms with Crippen molar-refractivity contribution in [3.8, 4) is 11.8 Å². The molecule has 1 aliphatic heterocycles. The number of amides is 1. The van der Waals surface area contributed by atoms with E-state index in [1.54, 1.807) is 42.7 Å². The van der Waals surface area contributed by atoms with Crippen LogP contribution in [0.3, 0.4) is 0 Å². The van der Waals surface area contributed by atoms with Crippen LogP contribution in [0.5, 0.6) is 5.75 Å². The lowest BCUT2D eigenvalue weighted by Crippen LogP contribution is -2.47. The van der Waals surface area contributed by atoms with Crippen molar-refractivity contribution in [1.29, 1.82) is 5.26 Å². The van der Waals surface area contributed by atoms with Crippen molar-refractivity contribution in [3.63, 3.8) is 0 Å². The maximum atomic E-state index is 13.2. The van der Waals surface area contributed by atoms with Gasteiger partial charge in [0.2, 0.25) is 5.91 Å². The molecular formula is C30H30FN3O4. The smallest absolute Gasteiger partial charge is 0.244 e. The van der Waals surface area contributed by atoms with E-state index in [4.69, 9.17) is 9.15 Å². The van der Waals surface area contributed by atoms with E-state index >= 15 is 0 Å². The first-order valence-electron chi connectivity index (χ1n) is 12.6. The van der Waals surface area contributed by atoms with Gasteiger partial charge in [0.05, 0.1) is 25.0 Å². The number of hydrogen-bond donors (Lipinski definition) is 1. The number of nitrogens with one attached hydrogen (secondary N) is 1. The van der Waals surface area contributed by atoms with Crippen molar-refractivity contribution in [1.82, 2.24) is 10.2 Å². The van der Waals surface area contributed by atoms with Gasteiger partial charge in [0.15, 0.2) is 5.78 Å². The molecule has 2 heterocycles. The largest absolute Gasteiger partial charge is 0.496 e. The summed E-state index contributed by atoms with van der Waals surface area (Å²) in [5.41, 5.74) is 1.65. The van der Waals surface area contributed by atoms with E-state index in [0.29, 0.717) is 48.2 Å². The Kier molecular flexibility index (Phi) is 9.07. The molecule has 0 saturated carbocycles. The fourth-order valence-electron chi connectivity index (χ4n) is 4.72. The molecule has 0 radical (unpaired) electrons. The van der Waals surface area contributed by atoms with Gasteiger partial charge in [-0.3, -0.25) is 9.59 Å². The van der Waals surface area contributed by atoms with Crippen LogP contribution in [0.25, 0.3) is 6.08 Å². The summed E-state index contributed by atoms with van der Waals surface area (Å²) in [4.78, 5) is 27.9. The number of ether oxygens (including phenoxy) is 1. The minimum absolute atomic E-state index is 0.0473. The van der Waals surface area contributed by atoms with E-state index in [-0.39, 0.29) is 29.5 Å². The van der Waals surface area contributed by atoms with Gasteiger partial charge < -0.3 is 19.4 Å². The zero-order valence-corrected chi connectivity index (χ0v) is 21.2. The Labute approximate surface area is 221 Å². The molecule has 1 atom stereocenters. The van der Waals surface area contributed by atoms with Crippen LogP contribution in [0.1, 0.15) is 40.1 Å². The molecule has 1 unspecified atom stereocenters. The molecule has 8 heteroatoms. The van der Waals surface area contributed by atoms with Crippen molar-refractivity contribution in [2.75, 3.05) is 26.7 Å². The van der Waals surface area contributed by atoms with Crippen molar-refractivity contribution in [2.24, 2.45) is 5.92 Å². The third-order valence-corrected chi connectivity index (χ3v) is 6.71. The Bertz CT molecular complexity index is 1300. The van der Waals surface area contributed by atoms with Gasteiger partial charge in [0, 0.05) is 42.1 Å². The molecule has 3 aromatic rings. The predicted molar refractivity (Wildman–Crippen MR) is 141 cm³/mol. The normalized spacial score (nSPS) is 15.2. The number of rotatable bonds is 10. The van der Waals surface area contributed by atoms with Crippen LogP contribution < -0.4 is 10.1 Å². The summed E-state index contributed by atoms with van der Waals surface area (Å²) in [7, 11) is 1.54. The Hall–Kier alpha value is -4.22. The fourth-order valence-corrected chi connectivity index (χ4v) is 4.72. The third kappa shape index (κ3) is 7.17. The van der Waals surface area contributed by atoms with Crippen LogP contribution in [0.2, 0.25) is 0 Å². The number of benzene rings is 2. The second-order valence-electron chi connectivity index (χ2n) is 9.34. The second kappa shape index (κ2) is 12.8. The maximum absolute atomic E-state index is 13.2. The number of furan rings is 1. The number of carbonyl (C=O) groups excluding carboxylic acids is 2. The number of likely N-dealkylation sites (tertiary alicyclic amines) is 1. The molecular weight excluding hydrogens is 485 g/mol. The van der Waals surface area contributed by atoms with E-state index in [1.807, 2.05) is 12.1 Å². The number of nitriles is 1. The molecule has 1 aromatic heterocycles. The molecule has 38 heavy (non-hydrogen) atoms. The summed E-state index contributed by atoms with van der Waals surface area (Å²) in [6.07, 6.45) is 6.59. The lowest BCUT2D eigenvalue weighted by atomic mass is 9.88. The monoisotopic (exact) mass is 515 g/mol. The molecule has 0 spiro atoms. The van der Waals surface area contributed by atoms with Gasteiger partial charge in [0.25, 0.3) is 0 Å². The highest BCUT2D eigenvalue weighted by Gasteiger charge is 2.27. The molecule has 196 valence electrons. The Morgan fingerprint density at radius 1 is 1.21 bits per heavy atom. The summed E-state index contributed by atoms with van der Waals surface area (Å²) in [6, 6.07) is 16.3. The number of ketones is 1. The van der Waals surface area contributed by atoms with E-state index in [9.17, 15) is 19.2 Å². The minimum Gasteiger partial charge on any atom is -0.496 e. The summed E-state index contributed by atoms with van der Waals surface area (Å²) in [6.45, 7) is 2.04. The Balaban J connectivity index is 1.37. The van der Waals surface area contributed by atoms with Crippen molar-refractivity contribution < 1.29 is 23.1 Å². The quantitative estimate of drug-likeness (QED) is 0.312. The van der Waals surface area contributed by atoms with Gasteiger partial charge in [0.1, 0.15) is 17.3 Å². The zero-order chi connectivity index (χ0) is 26.9. The number of nitrogens with zero attached hydrogens (tertiary/aromatic N) is 2. The first-order chi connectivity index (χ1) is 18.4. The first-order valence-corrected chi connectivity index (χ1v) is 12.6. The lowest BCUT2D eigenvalue weighted by Gasteiger charge is -2.33. The average molecular weight is 516 g/mol. The summed E-state index contributed by atoms with van der Waals surface area (Å²) < 4.78 is 24.1. The van der Waals surface area contributed by atoms with Gasteiger partial charge in [-0.15, -0.1) is 0 Å². The fraction of sp³-hybridized carbons (Fsp3) is 0.300. The molecule has 1 N–H and O–H groups in total. The lowest BCUT2D eigenvalue weighted by molar-refractivity contribution is -0.117. The number of carbonyl (C=O) groups is 2. The van der Waals surface area contributed by atoms with Gasteiger partial charge >= 0.3 is 0 Å². The molecule has 1 saturated heterocycles. The van der Waals surface area contributed by atoms with Gasteiger partial charge in [-0.25, -0.2) is 4.39 Å². The van der Waals surface area contributed by atoms with Crippen LogP contribution in [-0.2, 0) is 11.2 Å². The van der Waals surface area contributed by atoms with Crippen LogP contribution >= 0.6 is 0 Å². The molecule has 4 rings (SSSR count). The SMILES string of the molecule is COc1ccc(C#N)cc1/C=C/C(=O)NC(Cc1ccco1)CN1CCC(C(=O)c2ccc(F)cc2)CC1. The topological polar surface area (TPSA) is 95.6 Å². The van der Waals surface area contributed by atoms with E-state index in [2.05, 4.69) is 16.3 Å². The number of methoxy groups -OCH3 is 1. The summed E-state index contributed by atoms with van der Waals surface area (Å²) in [5, 5.41) is 12.2. The third-order valence-electron chi connectivity index (χ3n) is 6.71. The highest BCUT2D eigenvalue weighted by molar-refractivity contribution is 5.97. The van der Waals surface area contributed by atoms with E-state index < -0.39 is 0 Å². The molecule has 1 fully saturated rings.